The Bertz CT molecular complexity index is 548. The summed E-state index contributed by atoms with van der Waals surface area (Å²) in [5.41, 5.74) is 1.75. The zero-order chi connectivity index (χ0) is 13.7. The molecule has 0 N–H and O–H groups in total. The zero-order valence-electron chi connectivity index (χ0n) is 10.9. The molecule has 0 spiro atoms. The smallest absolute Gasteiger partial charge is 0.311 e. The fourth-order valence-electron chi connectivity index (χ4n) is 1.60. The van der Waals surface area contributed by atoms with E-state index in [0.717, 1.165) is 22.0 Å². The monoisotopic (exact) mass is 277 g/mol. The quantitative estimate of drug-likeness (QED) is 0.788. The van der Waals surface area contributed by atoms with Crippen LogP contribution < -0.4 is 4.74 Å². The third kappa shape index (κ3) is 3.54. The van der Waals surface area contributed by atoms with E-state index in [2.05, 4.69) is 9.72 Å². The molecule has 0 atom stereocenters. The van der Waals surface area contributed by atoms with E-state index in [-0.39, 0.29) is 12.4 Å². The minimum Gasteiger partial charge on any atom is -0.494 e. The van der Waals surface area contributed by atoms with Crippen LogP contribution in [0.2, 0.25) is 0 Å². The van der Waals surface area contributed by atoms with Crippen molar-refractivity contribution in [2.24, 2.45) is 0 Å². The van der Waals surface area contributed by atoms with Crippen LogP contribution in [0.4, 0.5) is 0 Å². The maximum absolute atomic E-state index is 11.2. The van der Waals surface area contributed by atoms with Crippen molar-refractivity contribution in [2.75, 3.05) is 13.7 Å². The Morgan fingerprint density at radius 3 is 2.68 bits per heavy atom. The van der Waals surface area contributed by atoms with E-state index in [0.29, 0.717) is 6.61 Å². The summed E-state index contributed by atoms with van der Waals surface area (Å²) in [5.74, 6) is 0.570. The highest BCUT2D eigenvalue weighted by atomic mass is 32.1. The van der Waals surface area contributed by atoms with Gasteiger partial charge < -0.3 is 9.47 Å². The van der Waals surface area contributed by atoms with E-state index < -0.39 is 0 Å². The lowest BCUT2D eigenvalue weighted by Crippen LogP contribution is -2.04. The maximum atomic E-state index is 11.2. The molecule has 0 unspecified atom stereocenters. The second kappa shape index (κ2) is 6.33. The molecule has 100 valence electrons. The molecule has 0 aliphatic heterocycles. The number of hydrogen-bond acceptors (Lipinski definition) is 5. The van der Waals surface area contributed by atoms with Gasteiger partial charge in [0, 0.05) is 10.9 Å². The summed E-state index contributed by atoms with van der Waals surface area (Å²) in [6.07, 6.45) is 0.212. The first-order valence-corrected chi connectivity index (χ1v) is 6.85. The molecule has 19 heavy (non-hydrogen) atoms. The number of esters is 1. The van der Waals surface area contributed by atoms with Crippen molar-refractivity contribution in [1.29, 1.82) is 0 Å². The molecule has 2 rings (SSSR count). The third-order valence-electron chi connectivity index (χ3n) is 2.52. The van der Waals surface area contributed by atoms with Crippen molar-refractivity contribution in [3.8, 4) is 16.3 Å². The highest BCUT2D eigenvalue weighted by Gasteiger charge is 2.09. The highest BCUT2D eigenvalue weighted by Crippen LogP contribution is 2.26. The second-order valence-electron chi connectivity index (χ2n) is 3.85. The number of rotatable bonds is 5. The topological polar surface area (TPSA) is 48.4 Å². The molecular formula is C14H15NO3S. The third-order valence-corrected chi connectivity index (χ3v) is 3.46. The molecule has 0 saturated carbocycles. The van der Waals surface area contributed by atoms with Gasteiger partial charge in [-0.1, -0.05) is 0 Å². The van der Waals surface area contributed by atoms with Crippen LogP contribution in [0.3, 0.4) is 0 Å². The average Bonchev–Trinajstić information content (AvgIpc) is 2.88. The lowest BCUT2D eigenvalue weighted by Gasteiger charge is -2.02. The van der Waals surface area contributed by atoms with E-state index in [1.54, 1.807) is 0 Å². The molecular weight excluding hydrogens is 262 g/mol. The summed E-state index contributed by atoms with van der Waals surface area (Å²) in [6.45, 7) is 2.60. The van der Waals surface area contributed by atoms with Crippen molar-refractivity contribution in [3.63, 3.8) is 0 Å². The van der Waals surface area contributed by atoms with Crippen molar-refractivity contribution in [3.05, 3.63) is 35.3 Å². The van der Waals surface area contributed by atoms with E-state index in [4.69, 9.17) is 4.74 Å². The number of nitrogens with zero attached hydrogens (tertiary/aromatic N) is 1. The Balaban J connectivity index is 2.11. The summed E-state index contributed by atoms with van der Waals surface area (Å²) in [4.78, 5) is 15.6. The first-order valence-electron chi connectivity index (χ1n) is 5.97. The van der Waals surface area contributed by atoms with Crippen LogP contribution in [0.5, 0.6) is 5.75 Å². The van der Waals surface area contributed by atoms with Crippen molar-refractivity contribution >= 4 is 17.3 Å². The summed E-state index contributed by atoms with van der Waals surface area (Å²) >= 11 is 1.51. The molecule has 0 amide bonds. The molecule has 2 aromatic rings. The number of carbonyl (C=O) groups is 1. The Labute approximate surface area is 116 Å². The van der Waals surface area contributed by atoms with Gasteiger partial charge >= 0.3 is 5.97 Å². The summed E-state index contributed by atoms with van der Waals surface area (Å²) in [5, 5.41) is 2.77. The number of carbonyl (C=O) groups excluding carboxylic acids is 1. The summed E-state index contributed by atoms with van der Waals surface area (Å²) in [7, 11) is 1.38. The maximum Gasteiger partial charge on any atom is 0.311 e. The molecule has 0 fully saturated rings. The predicted molar refractivity (Wildman–Crippen MR) is 74.4 cm³/mol. The van der Waals surface area contributed by atoms with Crippen molar-refractivity contribution < 1.29 is 14.3 Å². The number of thiazole rings is 1. The van der Waals surface area contributed by atoms with Crippen LogP contribution in [0.1, 0.15) is 12.6 Å². The number of aromatic nitrogens is 1. The highest BCUT2D eigenvalue weighted by molar-refractivity contribution is 7.13. The fourth-order valence-corrected chi connectivity index (χ4v) is 2.43. The average molecular weight is 277 g/mol. The first kappa shape index (κ1) is 13.5. The van der Waals surface area contributed by atoms with Gasteiger partial charge in [-0.3, -0.25) is 4.79 Å². The molecule has 1 aromatic heterocycles. The van der Waals surface area contributed by atoms with Crippen LogP contribution in [-0.2, 0) is 16.0 Å². The van der Waals surface area contributed by atoms with Gasteiger partial charge in [-0.15, -0.1) is 11.3 Å². The Morgan fingerprint density at radius 2 is 2.05 bits per heavy atom. The largest absolute Gasteiger partial charge is 0.494 e. The molecule has 0 aliphatic rings. The minimum atomic E-state index is -0.274. The van der Waals surface area contributed by atoms with Crippen molar-refractivity contribution in [1.82, 2.24) is 4.98 Å². The molecule has 1 heterocycles. The molecule has 0 bridgehead atoms. The van der Waals surface area contributed by atoms with Crippen molar-refractivity contribution in [2.45, 2.75) is 13.3 Å². The Morgan fingerprint density at radius 1 is 1.32 bits per heavy atom. The van der Waals surface area contributed by atoms with E-state index in [1.165, 1.54) is 18.4 Å². The van der Waals surface area contributed by atoms with E-state index in [1.807, 2.05) is 36.6 Å². The number of hydrogen-bond donors (Lipinski definition) is 0. The minimum absolute atomic E-state index is 0.212. The lowest BCUT2D eigenvalue weighted by atomic mass is 10.2. The number of ether oxygens (including phenoxy) is 2. The molecule has 0 aliphatic carbocycles. The lowest BCUT2D eigenvalue weighted by molar-refractivity contribution is -0.139. The molecule has 4 nitrogen and oxygen atoms in total. The summed E-state index contributed by atoms with van der Waals surface area (Å²) in [6, 6.07) is 7.76. The van der Waals surface area contributed by atoms with Gasteiger partial charge in [-0.2, -0.15) is 0 Å². The standard InChI is InChI=1S/C14H15NO3S/c1-3-18-12-6-4-10(5-7-12)14-15-11(9-19-14)8-13(16)17-2/h4-7,9H,3,8H2,1-2H3. The Kier molecular flexibility index (Phi) is 4.52. The molecule has 1 aromatic carbocycles. The zero-order valence-corrected chi connectivity index (χ0v) is 11.7. The fraction of sp³-hybridized carbons (Fsp3) is 0.286. The van der Waals surface area contributed by atoms with Gasteiger partial charge in [0.15, 0.2) is 0 Å². The van der Waals surface area contributed by atoms with Crippen LogP contribution in [0.25, 0.3) is 10.6 Å². The van der Waals surface area contributed by atoms with Gasteiger partial charge in [-0.25, -0.2) is 4.98 Å². The van der Waals surface area contributed by atoms with E-state index in [9.17, 15) is 4.79 Å². The first-order chi connectivity index (χ1) is 9.22. The van der Waals surface area contributed by atoms with Gasteiger partial charge in [0.1, 0.15) is 10.8 Å². The molecule has 0 radical (unpaired) electrons. The molecule has 5 heteroatoms. The number of benzene rings is 1. The van der Waals surface area contributed by atoms with Gasteiger partial charge in [-0.05, 0) is 31.2 Å². The molecule has 0 saturated heterocycles. The van der Waals surface area contributed by atoms with Gasteiger partial charge in [0.25, 0.3) is 0 Å². The predicted octanol–water partition coefficient (Wildman–Crippen LogP) is 2.92. The van der Waals surface area contributed by atoms with E-state index >= 15 is 0 Å². The Hall–Kier alpha value is -1.88. The normalized spacial score (nSPS) is 10.2. The van der Waals surface area contributed by atoms with Crippen LogP contribution in [0, 0.1) is 0 Å². The van der Waals surface area contributed by atoms with Gasteiger partial charge in [0.2, 0.25) is 0 Å². The number of methoxy groups -OCH3 is 1. The van der Waals surface area contributed by atoms with Crippen LogP contribution in [0.15, 0.2) is 29.6 Å². The van der Waals surface area contributed by atoms with Gasteiger partial charge in [0.05, 0.1) is 25.8 Å². The second-order valence-corrected chi connectivity index (χ2v) is 4.71. The van der Waals surface area contributed by atoms with Crippen LogP contribution >= 0.6 is 11.3 Å². The SMILES string of the molecule is CCOc1ccc(-c2nc(CC(=O)OC)cs2)cc1. The van der Waals surface area contributed by atoms with Crippen LogP contribution in [-0.4, -0.2) is 24.7 Å². The summed E-state index contributed by atoms with van der Waals surface area (Å²) < 4.78 is 10.0.